The largest absolute Gasteiger partial charge is 0.508 e. The van der Waals surface area contributed by atoms with Crippen LogP contribution in [0.3, 0.4) is 0 Å². The van der Waals surface area contributed by atoms with Crippen molar-refractivity contribution in [3.63, 3.8) is 0 Å². The second-order valence-corrected chi connectivity index (χ2v) is 6.06. The maximum atomic E-state index is 9.97. The molecular weight excluding hydrogens is 324 g/mol. The van der Waals surface area contributed by atoms with Gasteiger partial charge in [0, 0.05) is 12.8 Å². The summed E-state index contributed by atoms with van der Waals surface area (Å²) in [6, 6.07) is 7.09. The molecule has 3 N–H and O–H groups in total. The maximum absolute atomic E-state index is 9.97. The van der Waals surface area contributed by atoms with Crippen LogP contribution in [0.2, 0.25) is 0 Å². The molecule has 0 unspecified atom stereocenters. The first-order valence-corrected chi connectivity index (χ1v) is 8.05. The molecule has 0 saturated carbocycles. The molecule has 3 heterocycles. The quantitative estimate of drug-likeness (QED) is 0.641. The highest BCUT2D eigenvalue weighted by molar-refractivity contribution is 5.73. The van der Waals surface area contributed by atoms with E-state index in [4.69, 9.17) is 4.74 Å². The number of aliphatic hydroxyl groups excluding tert-OH is 2. The lowest BCUT2D eigenvalue weighted by Crippen LogP contribution is -2.24. The molecule has 1 fully saturated rings. The number of aliphatic hydroxyl groups is 2. The third-order valence-corrected chi connectivity index (χ3v) is 4.48. The van der Waals surface area contributed by atoms with Crippen LogP contribution in [0.1, 0.15) is 23.9 Å². The number of imidazole rings is 1. The number of phenolic OH excluding ortho intramolecular Hbond substituents is 1. The Bertz CT molecular complexity index is 897. The number of para-hydroxylation sites is 1. The number of phenols is 1. The Kier molecular flexibility index (Phi) is 4.08. The van der Waals surface area contributed by atoms with Crippen molar-refractivity contribution < 1.29 is 20.1 Å². The summed E-state index contributed by atoms with van der Waals surface area (Å²) in [5, 5.41) is 29.1. The van der Waals surface area contributed by atoms with Crippen molar-refractivity contribution in [1.29, 1.82) is 0 Å². The van der Waals surface area contributed by atoms with Gasteiger partial charge in [-0.2, -0.15) is 0 Å². The number of aromatic hydroxyl groups is 1. The normalized spacial score (nSPS) is 23.4. The molecule has 3 atom stereocenters. The van der Waals surface area contributed by atoms with Crippen LogP contribution in [0.15, 0.2) is 36.9 Å². The van der Waals surface area contributed by atoms with Crippen LogP contribution in [0, 0.1) is 0 Å². The van der Waals surface area contributed by atoms with Gasteiger partial charge in [0.2, 0.25) is 0 Å². The fraction of sp³-hybridized carbons (Fsp3) is 0.353. The van der Waals surface area contributed by atoms with Gasteiger partial charge in [0.25, 0.3) is 0 Å². The lowest BCUT2D eigenvalue weighted by atomic mass is 10.1. The van der Waals surface area contributed by atoms with Crippen LogP contribution < -0.4 is 0 Å². The van der Waals surface area contributed by atoms with Crippen LogP contribution in [0.4, 0.5) is 0 Å². The zero-order chi connectivity index (χ0) is 17.4. The number of aromatic nitrogens is 4. The molecule has 8 nitrogen and oxygen atoms in total. The van der Waals surface area contributed by atoms with Crippen molar-refractivity contribution in [2.24, 2.45) is 0 Å². The molecule has 0 radical (unpaired) electrons. The van der Waals surface area contributed by atoms with Gasteiger partial charge in [-0.1, -0.05) is 18.2 Å². The van der Waals surface area contributed by atoms with E-state index >= 15 is 0 Å². The predicted molar refractivity (Wildman–Crippen MR) is 87.9 cm³/mol. The summed E-state index contributed by atoms with van der Waals surface area (Å²) >= 11 is 0. The SMILES string of the molecule is OC[C@H]1O[C@@H](n2cnc3c(Cc4ccccc4O)ncnc32)C[C@@H]1O. The topological polar surface area (TPSA) is 114 Å². The summed E-state index contributed by atoms with van der Waals surface area (Å²) in [6.45, 7) is -0.238. The molecule has 2 aromatic heterocycles. The number of rotatable bonds is 4. The van der Waals surface area contributed by atoms with E-state index in [1.807, 2.05) is 12.1 Å². The molecular formula is C17H18N4O4. The van der Waals surface area contributed by atoms with Gasteiger partial charge in [-0.15, -0.1) is 0 Å². The first-order chi connectivity index (χ1) is 12.2. The van der Waals surface area contributed by atoms with Crippen molar-refractivity contribution in [3.8, 4) is 5.75 Å². The maximum Gasteiger partial charge on any atom is 0.165 e. The lowest BCUT2D eigenvalue weighted by molar-refractivity contribution is -0.0432. The highest BCUT2D eigenvalue weighted by Crippen LogP contribution is 2.31. The van der Waals surface area contributed by atoms with E-state index in [0.29, 0.717) is 29.7 Å². The van der Waals surface area contributed by atoms with E-state index in [1.165, 1.54) is 6.33 Å². The van der Waals surface area contributed by atoms with Gasteiger partial charge in [-0.25, -0.2) is 15.0 Å². The van der Waals surface area contributed by atoms with Crippen molar-refractivity contribution in [3.05, 3.63) is 48.2 Å². The Labute approximate surface area is 143 Å². The van der Waals surface area contributed by atoms with Gasteiger partial charge in [0.1, 0.15) is 29.9 Å². The molecule has 1 aromatic carbocycles. The van der Waals surface area contributed by atoms with Gasteiger partial charge in [0.05, 0.1) is 24.7 Å². The smallest absolute Gasteiger partial charge is 0.165 e. The molecule has 8 heteroatoms. The molecule has 0 bridgehead atoms. The van der Waals surface area contributed by atoms with E-state index in [1.54, 1.807) is 23.0 Å². The fourth-order valence-corrected chi connectivity index (χ4v) is 3.13. The molecule has 25 heavy (non-hydrogen) atoms. The van der Waals surface area contributed by atoms with Gasteiger partial charge in [-0.05, 0) is 11.6 Å². The highest BCUT2D eigenvalue weighted by Gasteiger charge is 2.35. The monoisotopic (exact) mass is 342 g/mol. The summed E-state index contributed by atoms with van der Waals surface area (Å²) in [5.74, 6) is 0.210. The Hall–Kier alpha value is -2.55. The van der Waals surface area contributed by atoms with Crippen LogP contribution in [0.25, 0.3) is 11.2 Å². The number of benzene rings is 1. The molecule has 0 aliphatic carbocycles. The summed E-state index contributed by atoms with van der Waals surface area (Å²) in [4.78, 5) is 13.0. The minimum absolute atomic E-state index is 0.210. The molecule has 0 spiro atoms. The van der Waals surface area contributed by atoms with Gasteiger partial charge < -0.3 is 20.1 Å². The van der Waals surface area contributed by atoms with Crippen LogP contribution in [-0.2, 0) is 11.2 Å². The Morgan fingerprint density at radius 3 is 2.80 bits per heavy atom. The Balaban J connectivity index is 1.68. The van der Waals surface area contributed by atoms with Gasteiger partial charge in [0.15, 0.2) is 5.65 Å². The van der Waals surface area contributed by atoms with Crippen LogP contribution in [0.5, 0.6) is 5.75 Å². The molecule has 4 rings (SSSR count). The molecule has 0 amide bonds. The summed E-state index contributed by atoms with van der Waals surface area (Å²) in [6.07, 6.45) is 2.06. The number of fused-ring (bicyclic) bond motifs is 1. The number of hydrogen-bond donors (Lipinski definition) is 3. The van der Waals surface area contributed by atoms with Crippen molar-refractivity contribution in [1.82, 2.24) is 19.5 Å². The fourth-order valence-electron chi connectivity index (χ4n) is 3.13. The molecule has 1 aliphatic heterocycles. The van der Waals surface area contributed by atoms with E-state index < -0.39 is 18.4 Å². The number of hydrogen-bond acceptors (Lipinski definition) is 7. The molecule has 1 saturated heterocycles. The third-order valence-electron chi connectivity index (χ3n) is 4.48. The Morgan fingerprint density at radius 2 is 2.04 bits per heavy atom. The minimum atomic E-state index is -0.727. The molecule has 1 aliphatic rings. The Morgan fingerprint density at radius 1 is 1.20 bits per heavy atom. The summed E-state index contributed by atoms with van der Waals surface area (Å²) in [7, 11) is 0. The minimum Gasteiger partial charge on any atom is -0.508 e. The van der Waals surface area contributed by atoms with Crippen LogP contribution >= 0.6 is 0 Å². The average Bonchev–Trinajstić information content (AvgIpc) is 3.20. The zero-order valence-corrected chi connectivity index (χ0v) is 13.4. The number of nitrogens with zero attached hydrogens (tertiary/aromatic N) is 4. The number of ether oxygens (including phenoxy) is 1. The average molecular weight is 342 g/mol. The van der Waals surface area contributed by atoms with Gasteiger partial charge >= 0.3 is 0 Å². The van der Waals surface area contributed by atoms with Crippen LogP contribution in [-0.4, -0.2) is 53.7 Å². The predicted octanol–water partition coefficient (Wildman–Crippen LogP) is 0.763. The highest BCUT2D eigenvalue weighted by atomic mass is 16.5. The summed E-state index contributed by atoms with van der Waals surface area (Å²) < 4.78 is 7.42. The first kappa shape index (κ1) is 15.9. The lowest BCUT2D eigenvalue weighted by Gasteiger charge is -2.13. The second kappa shape index (κ2) is 6.40. The molecule has 130 valence electrons. The van der Waals surface area contributed by atoms with E-state index in [0.717, 1.165) is 5.56 Å². The van der Waals surface area contributed by atoms with E-state index in [9.17, 15) is 15.3 Å². The van der Waals surface area contributed by atoms with Crippen molar-refractivity contribution in [2.45, 2.75) is 31.3 Å². The second-order valence-electron chi connectivity index (χ2n) is 6.06. The third kappa shape index (κ3) is 2.84. The van der Waals surface area contributed by atoms with E-state index in [-0.39, 0.29) is 12.4 Å². The standard InChI is InChI=1S/C17H18N4O4/c22-7-14-13(24)6-15(25-14)21-9-20-16-11(18-8-19-17(16)21)5-10-3-1-2-4-12(10)23/h1-4,8-9,13-15,22-24H,5-7H2/t13-,14+,15+/m0/s1. The molecule has 3 aromatic rings. The van der Waals surface area contributed by atoms with Gasteiger partial charge in [-0.3, -0.25) is 4.57 Å². The first-order valence-electron chi connectivity index (χ1n) is 8.05. The van der Waals surface area contributed by atoms with E-state index in [2.05, 4.69) is 15.0 Å². The summed E-state index contributed by atoms with van der Waals surface area (Å²) in [5.41, 5.74) is 2.67. The van der Waals surface area contributed by atoms with Crippen molar-refractivity contribution >= 4 is 11.2 Å². The van der Waals surface area contributed by atoms with Crippen molar-refractivity contribution in [2.75, 3.05) is 6.61 Å². The zero-order valence-electron chi connectivity index (χ0n) is 13.4.